The maximum atomic E-state index is 9.81. The molecule has 1 heterocycles. The lowest BCUT2D eigenvalue weighted by molar-refractivity contribution is 0.0966. The van der Waals surface area contributed by atoms with Crippen molar-refractivity contribution >= 4 is 21.8 Å². The zero-order valence-corrected chi connectivity index (χ0v) is 9.74. The molecule has 0 radical (unpaired) electrons. The van der Waals surface area contributed by atoms with Crippen molar-refractivity contribution in [2.45, 2.75) is 6.10 Å². The van der Waals surface area contributed by atoms with Crippen LogP contribution in [0.2, 0.25) is 0 Å². The van der Waals surface area contributed by atoms with E-state index in [9.17, 15) is 5.11 Å². The Kier molecular flexibility index (Phi) is 2.70. The van der Waals surface area contributed by atoms with Crippen LogP contribution in [-0.4, -0.2) is 21.8 Å². The van der Waals surface area contributed by atoms with Crippen molar-refractivity contribution in [2.24, 2.45) is 0 Å². The molecule has 0 unspecified atom stereocenters. The van der Waals surface area contributed by atoms with Crippen molar-refractivity contribution in [3.63, 3.8) is 0 Å². The first-order chi connectivity index (χ1) is 8.79. The highest BCUT2D eigenvalue weighted by molar-refractivity contribution is 5.94. The molecule has 0 fully saturated rings. The van der Waals surface area contributed by atoms with Crippen LogP contribution in [0.1, 0.15) is 11.7 Å². The molecular weight excluding hydrogens is 226 g/mol. The Labute approximate surface area is 104 Å². The van der Waals surface area contributed by atoms with Gasteiger partial charge in [-0.25, -0.2) is 4.98 Å². The van der Waals surface area contributed by atoms with Crippen LogP contribution in [-0.2, 0) is 0 Å². The molecule has 0 amide bonds. The van der Waals surface area contributed by atoms with E-state index in [0.29, 0.717) is 5.56 Å². The summed E-state index contributed by atoms with van der Waals surface area (Å²) in [6.45, 7) is -0.298. The fourth-order valence-electron chi connectivity index (χ4n) is 2.19. The van der Waals surface area contributed by atoms with E-state index >= 15 is 0 Å². The lowest BCUT2D eigenvalue weighted by atomic mass is 10.0. The first-order valence-corrected chi connectivity index (χ1v) is 5.87. The molecular formula is C15H13NO2. The molecule has 2 aromatic carbocycles. The second-order valence-corrected chi connectivity index (χ2v) is 4.30. The van der Waals surface area contributed by atoms with Gasteiger partial charge in [-0.3, -0.25) is 0 Å². The molecule has 0 aliphatic carbocycles. The molecule has 2 N–H and O–H groups in total. The van der Waals surface area contributed by atoms with Crippen LogP contribution < -0.4 is 0 Å². The van der Waals surface area contributed by atoms with Crippen LogP contribution >= 0.6 is 0 Å². The van der Waals surface area contributed by atoms with Crippen molar-refractivity contribution in [2.75, 3.05) is 6.61 Å². The van der Waals surface area contributed by atoms with Gasteiger partial charge < -0.3 is 10.2 Å². The molecule has 1 aromatic heterocycles. The smallest absolute Gasteiger partial charge is 0.104 e. The number of nitrogens with zero attached hydrogens (tertiary/aromatic N) is 1. The van der Waals surface area contributed by atoms with E-state index in [1.54, 1.807) is 6.07 Å². The molecule has 3 nitrogen and oxygen atoms in total. The summed E-state index contributed by atoms with van der Waals surface area (Å²) in [5.41, 5.74) is 2.31. The van der Waals surface area contributed by atoms with Crippen molar-refractivity contribution < 1.29 is 10.2 Å². The van der Waals surface area contributed by atoms with Gasteiger partial charge in [-0.1, -0.05) is 36.4 Å². The monoisotopic (exact) mass is 239 g/mol. The lowest BCUT2D eigenvalue weighted by Gasteiger charge is -2.11. The maximum Gasteiger partial charge on any atom is 0.104 e. The van der Waals surface area contributed by atoms with Crippen LogP contribution in [0.3, 0.4) is 0 Å². The van der Waals surface area contributed by atoms with E-state index < -0.39 is 6.10 Å². The largest absolute Gasteiger partial charge is 0.393 e. The molecule has 0 aliphatic heterocycles. The quantitative estimate of drug-likeness (QED) is 0.675. The minimum Gasteiger partial charge on any atom is -0.393 e. The summed E-state index contributed by atoms with van der Waals surface area (Å²) in [6, 6.07) is 15.5. The van der Waals surface area contributed by atoms with Gasteiger partial charge in [-0.15, -0.1) is 0 Å². The number of hydrogen-bond acceptors (Lipinski definition) is 3. The molecule has 3 heteroatoms. The van der Waals surface area contributed by atoms with E-state index in [-0.39, 0.29) is 6.61 Å². The molecule has 1 atom stereocenters. The van der Waals surface area contributed by atoms with Gasteiger partial charge in [0.25, 0.3) is 0 Å². The highest BCUT2D eigenvalue weighted by atomic mass is 16.3. The van der Waals surface area contributed by atoms with Crippen LogP contribution in [0.4, 0.5) is 0 Å². The van der Waals surface area contributed by atoms with Gasteiger partial charge in [0.1, 0.15) is 6.10 Å². The van der Waals surface area contributed by atoms with Crippen LogP contribution in [0.5, 0.6) is 0 Å². The first kappa shape index (κ1) is 11.1. The summed E-state index contributed by atoms with van der Waals surface area (Å²) in [7, 11) is 0. The van der Waals surface area contributed by atoms with Gasteiger partial charge in [0, 0.05) is 16.3 Å². The van der Waals surface area contributed by atoms with Gasteiger partial charge in [-0.2, -0.15) is 0 Å². The zero-order chi connectivity index (χ0) is 12.5. The summed E-state index contributed by atoms with van der Waals surface area (Å²) in [5, 5.41) is 20.9. The normalized spacial score (nSPS) is 13.0. The van der Waals surface area contributed by atoms with Crippen LogP contribution in [0.25, 0.3) is 21.8 Å². The predicted molar refractivity (Wildman–Crippen MR) is 71.3 cm³/mol. The second-order valence-electron chi connectivity index (χ2n) is 4.30. The Hall–Kier alpha value is -1.97. The Bertz CT molecular complexity index is 709. The van der Waals surface area contributed by atoms with Gasteiger partial charge >= 0.3 is 0 Å². The molecule has 18 heavy (non-hydrogen) atoms. The van der Waals surface area contributed by atoms with Crippen molar-refractivity contribution in [3.8, 4) is 0 Å². The van der Waals surface area contributed by atoms with Crippen LogP contribution in [0.15, 0.2) is 48.5 Å². The van der Waals surface area contributed by atoms with Gasteiger partial charge in [0.2, 0.25) is 0 Å². The van der Waals surface area contributed by atoms with Crippen molar-refractivity contribution in [1.82, 2.24) is 4.98 Å². The van der Waals surface area contributed by atoms with Gasteiger partial charge in [0.15, 0.2) is 0 Å². The number of aromatic nitrogens is 1. The summed E-state index contributed by atoms with van der Waals surface area (Å²) in [5.74, 6) is 0. The minimum atomic E-state index is -0.887. The summed E-state index contributed by atoms with van der Waals surface area (Å²) >= 11 is 0. The van der Waals surface area contributed by atoms with E-state index in [1.165, 1.54) is 0 Å². The average molecular weight is 239 g/mol. The van der Waals surface area contributed by atoms with Crippen molar-refractivity contribution in [1.29, 1.82) is 0 Å². The van der Waals surface area contributed by atoms with E-state index in [1.807, 2.05) is 42.5 Å². The molecule has 3 aromatic rings. The second kappa shape index (κ2) is 4.37. The molecule has 0 saturated heterocycles. The standard InChI is InChI=1S/C15H13NO2/c17-9-14(18)12-6-3-5-11-8-10-4-1-2-7-13(10)16-15(11)12/h1-8,14,17-18H,9H2/t14-/m1/s1. The Balaban J connectivity index is 2.36. The van der Waals surface area contributed by atoms with E-state index in [2.05, 4.69) is 4.98 Å². The molecule has 0 saturated carbocycles. The lowest BCUT2D eigenvalue weighted by Crippen LogP contribution is -2.03. The third-order valence-corrected chi connectivity index (χ3v) is 3.11. The number of fused-ring (bicyclic) bond motifs is 2. The number of hydrogen-bond donors (Lipinski definition) is 2. The summed E-state index contributed by atoms with van der Waals surface area (Å²) in [6.07, 6.45) is -0.887. The Morgan fingerprint density at radius 2 is 1.78 bits per heavy atom. The third kappa shape index (κ3) is 1.74. The SMILES string of the molecule is OC[C@@H](O)c1cccc2cc3ccccc3nc12. The van der Waals surface area contributed by atoms with Gasteiger partial charge in [0.05, 0.1) is 17.6 Å². The topological polar surface area (TPSA) is 53.4 Å². The van der Waals surface area contributed by atoms with Crippen molar-refractivity contribution in [3.05, 3.63) is 54.1 Å². The zero-order valence-electron chi connectivity index (χ0n) is 9.74. The number of pyridine rings is 1. The molecule has 0 aliphatic rings. The number of rotatable bonds is 2. The van der Waals surface area contributed by atoms with Gasteiger partial charge in [-0.05, 0) is 12.1 Å². The Morgan fingerprint density at radius 3 is 2.61 bits per heavy atom. The Morgan fingerprint density at radius 1 is 1.00 bits per heavy atom. The third-order valence-electron chi connectivity index (χ3n) is 3.11. The number of benzene rings is 2. The fourth-order valence-corrected chi connectivity index (χ4v) is 2.19. The number of aliphatic hydroxyl groups is 2. The highest BCUT2D eigenvalue weighted by Gasteiger charge is 2.11. The predicted octanol–water partition coefficient (Wildman–Crippen LogP) is 2.41. The molecule has 90 valence electrons. The summed E-state index contributed by atoms with van der Waals surface area (Å²) < 4.78 is 0. The molecule has 0 bridgehead atoms. The highest BCUT2D eigenvalue weighted by Crippen LogP contribution is 2.25. The maximum absolute atomic E-state index is 9.81. The summed E-state index contributed by atoms with van der Waals surface area (Å²) in [4.78, 5) is 4.58. The number of aliphatic hydroxyl groups excluding tert-OH is 2. The van der Waals surface area contributed by atoms with E-state index in [4.69, 9.17) is 5.11 Å². The molecule has 3 rings (SSSR count). The fraction of sp³-hybridized carbons (Fsp3) is 0.133. The molecule has 0 spiro atoms. The van der Waals surface area contributed by atoms with Crippen LogP contribution in [0, 0.1) is 0 Å². The average Bonchev–Trinajstić information content (AvgIpc) is 2.43. The first-order valence-electron chi connectivity index (χ1n) is 5.87. The number of para-hydroxylation sites is 2. The van der Waals surface area contributed by atoms with E-state index in [0.717, 1.165) is 21.8 Å². The minimum absolute atomic E-state index is 0.298.